The zero-order valence-electron chi connectivity index (χ0n) is 14.7. The molecular formula is C20H21N5O. The van der Waals surface area contributed by atoms with Crippen molar-refractivity contribution >= 4 is 11.6 Å². The maximum Gasteiger partial charge on any atom is 0.251 e. The molecule has 0 saturated heterocycles. The topological polar surface area (TPSA) is 63.1 Å². The summed E-state index contributed by atoms with van der Waals surface area (Å²) in [5.74, 6) is -0.0599. The van der Waals surface area contributed by atoms with E-state index in [-0.39, 0.29) is 5.91 Å². The van der Waals surface area contributed by atoms with E-state index < -0.39 is 0 Å². The van der Waals surface area contributed by atoms with Crippen molar-refractivity contribution in [3.63, 3.8) is 0 Å². The summed E-state index contributed by atoms with van der Waals surface area (Å²) in [5, 5.41) is 10.7. The van der Waals surface area contributed by atoms with Crippen molar-refractivity contribution in [1.29, 1.82) is 0 Å². The van der Waals surface area contributed by atoms with Gasteiger partial charge in [-0.05, 0) is 49.2 Å². The average molecular weight is 347 g/mol. The Morgan fingerprint density at radius 1 is 1.19 bits per heavy atom. The predicted molar refractivity (Wildman–Crippen MR) is 101 cm³/mol. The van der Waals surface area contributed by atoms with Gasteiger partial charge in [-0.25, -0.2) is 4.68 Å². The standard InChI is InChI=1S/C20H21N5O/c1-15-14-17-4-2-3-5-19(17)24(15)12-10-21-20(26)16-6-8-18(9-7-16)25-13-11-22-23-25/h2-9,11,13,15H,10,12,14H2,1H3,(H,21,26). The van der Waals surface area contributed by atoms with Crippen molar-refractivity contribution in [3.8, 4) is 5.69 Å². The molecule has 2 aromatic carbocycles. The third-order valence-corrected chi connectivity index (χ3v) is 4.80. The molecule has 6 nitrogen and oxygen atoms in total. The fourth-order valence-corrected chi connectivity index (χ4v) is 3.47. The minimum atomic E-state index is -0.0599. The van der Waals surface area contributed by atoms with Gasteiger partial charge in [0.05, 0.1) is 18.1 Å². The Morgan fingerprint density at radius 3 is 2.77 bits per heavy atom. The van der Waals surface area contributed by atoms with Crippen molar-refractivity contribution in [2.75, 3.05) is 18.0 Å². The van der Waals surface area contributed by atoms with E-state index in [9.17, 15) is 4.79 Å². The second kappa shape index (κ2) is 7.00. The van der Waals surface area contributed by atoms with Crippen LogP contribution in [0.15, 0.2) is 60.9 Å². The Kier molecular flexibility index (Phi) is 4.39. The fourth-order valence-electron chi connectivity index (χ4n) is 3.47. The van der Waals surface area contributed by atoms with Crippen molar-refractivity contribution in [2.24, 2.45) is 0 Å². The summed E-state index contributed by atoms with van der Waals surface area (Å²) in [6, 6.07) is 16.3. The van der Waals surface area contributed by atoms with Crippen LogP contribution in [0.1, 0.15) is 22.8 Å². The van der Waals surface area contributed by atoms with Crippen molar-refractivity contribution in [3.05, 3.63) is 72.1 Å². The molecule has 0 bridgehead atoms. The first-order valence-electron chi connectivity index (χ1n) is 8.82. The van der Waals surface area contributed by atoms with Gasteiger partial charge >= 0.3 is 0 Å². The minimum absolute atomic E-state index is 0.0599. The van der Waals surface area contributed by atoms with Gasteiger partial charge in [0.15, 0.2) is 0 Å². The van der Waals surface area contributed by atoms with Gasteiger partial charge in [0, 0.05) is 30.4 Å². The number of aromatic nitrogens is 3. The minimum Gasteiger partial charge on any atom is -0.367 e. The van der Waals surface area contributed by atoms with Crippen LogP contribution in [0, 0.1) is 0 Å². The Morgan fingerprint density at radius 2 is 2.00 bits per heavy atom. The lowest BCUT2D eigenvalue weighted by molar-refractivity contribution is 0.0954. The van der Waals surface area contributed by atoms with Gasteiger partial charge in [-0.3, -0.25) is 4.79 Å². The zero-order chi connectivity index (χ0) is 17.9. The summed E-state index contributed by atoms with van der Waals surface area (Å²) in [5.41, 5.74) is 4.19. The number of hydrogen-bond donors (Lipinski definition) is 1. The van der Waals surface area contributed by atoms with Crippen LogP contribution >= 0.6 is 0 Å². The first-order chi connectivity index (χ1) is 12.7. The maximum atomic E-state index is 12.4. The van der Waals surface area contributed by atoms with Crippen molar-refractivity contribution in [2.45, 2.75) is 19.4 Å². The van der Waals surface area contributed by atoms with E-state index in [0.717, 1.165) is 18.7 Å². The van der Waals surface area contributed by atoms with E-state index in [1.165, 1.54) is 11.3 Å². The average Bonchev–Trinajstić information content (AvgIpc) is 3.30. The van der Waals surface area contributed by atoms with Gasteiger partial charge in [-0.15, -0.1) is 5.10 Å². The van der Waals surface area contributed by atoms with Crippen molar-refractivity contribution in [1.82, 2.24) is 20.3 Å². The normalized spacial score (nSPS) is 15.7. The van der Waals surface area contributed by atoms with E-state index in [1.54, 1.807) is 29.2 Å². The monoisotopic (exact) mass is 347 g/mol. The molecule has 2 heterocycles. The largest absolute Gasteiger partial charge is 0.367 e. The SMILES string of the molecule is CC1Cc2ccccc2N1CCNC(=O)c1ccc(-n2ccnn2)cc1. The number of nitrogens with one attached hydrogen (secondary N) is 1. The molecule has 4 rings (SSSR count). The molecule has 0 radical (unpaired) electrons. The van der Waals surface area contributed by atoms with Gasteiger partial charge < -0.3 is 10.2 Å². The summed E-state index contributed by atoms with van der Waals surface area (Å²) in [7, 11) is 0. The molecule has 132 valence electrons. The number of benzene rings is 2. The van der Waals surface area contributed by atoms with Gasteiger partial charge in [0.25, 0.3) is 5.91 Å². The van der Waals surface area contributed by atoms with Crippen LogP contribution in [-0.2, 0) is 6.42 Å². The molecule has 1 N–H and O–H groups in total. The highest BCUT2D eigenvalue weighted by Crippen LogP contribution is 2.31. The predicted octanol–water partition coefficient (Wildman–Crippen LogP) is 2.45. The number of fused-ring (bicyclic) bond motifs is 1. The fraction of sp³-hybridized carbons (Fsp3) is 0.250. The molecule has 6 heteroatoms. The number of anilines is 1. The summed E-state index contributed by atoms with van der Waals surface area (Å²) in [6.45, 7) is 3.65. The van der Waals surface area contributed by atoms with Crippen LogP contribution in [-0.4, -0.2) is 40.0 Å². The summed E-state index contributed by atoms with van der Waals surface area (Å²) in [6.07, 6.45) is 4.45. The highest BCUT2D eigenvalue weighted by molar-refractivity contribution is 5.94. The molecule has 0 spiro atoms. The first-order valence-corrected chi connectivity index (χ1v) is 8.82. The van der Waals surface area contributed by atoms with Crippen molar-refractivity contribution < 1.29 is 4.79 Å². The van der Waals surface area contributed by atoms with Crippen LogP contribution in [0.3, 0.4) is 0 Å². The molecule has 0 fully saturated rings. The molecule has 0 aliphatic carbocycles. The summed E-state index contributed by atoms with van der Waals surface area (Å²) < 4.78 is 1.66. The number of carbonyl (C=O) groups excluding carboxylic acids is 1. The first kappa shape index (κ1) is 16.3. The lowest BCUT2D eigenvalue weighted by Crippen LogP contribution is -2.37. The Balaban J connectivity index is 1.34. The maximum absolute atomic E-state index is 12.4. The lowest BCUT2D eigenvalue weighted by Gasteiger charge is -2.25. The van der Waals surface area contributed by atoms with E-state index in [1.807, 2.05) is 12.1 Å². The molecule has 1 unspecified atom stereocenters. The molecular weight excluding hydrogens is 326 g/mol. The number of hydrogen-bond acceptors (Lipinski definition) is 4. The Bertz CT molecular complexity index is 889. The van der Waals surface area contributed by atoms with Crippen LogP contribution in [0.2, 0.25) is 0 Å². The van der Waals surface area contributed by atoms with Gasteiger partial charge in [-0.1, -0.05) is 23.4 Å². The van der Waals surface area contributed by atoms with Gasteiger partial charge in [0.1, 0.15) is 0 Å². The van der Waals surface area contributed by atoms with E-state index >= 15 is 0 Å². The number of rotatable bonds is 5. The molecule has 1 aromatic heterocycles. The van der Waals surface area contributed by atoms with Crippen LogP contribution in [0.4, 0.5) is 5.69 Å². The molecule has 0 saturated carbocycles. The Hall–Kier alpha value is -3.15. The van der Waals surface area contributed by atoms with Crippen LogP contribution < -0.4 is 10.2 Å². The summed E-state index contributed by atoms with van der Waals surface area (Å²) >= 11 is 0. The quantitative estimate of drug-likeness (QED) is 0.770. The smallest absolute Gasteiger partial charge is 0.251 e. The Labute approximate surface area is 152 Å². The van der Waals surface area contributed by atoms with E-state index in [2.05, 4.69) is 51.7 Å². The third kappa shape index (κ3) is 3.18. The number of carbonyl (C=O) groups is 1. The third-order valence-electron chi connectivity index (χ3n) is 4.80. The highest BCUT2D eigenvalue weighted by atomic mass is 16.1. The van der Waals surface area contributed by atoms with Crippen LogP contribution in [0.25, 0.3) is 5.69 Å². The van der Waals surface area contributed by atoms with Crippen LogP contribution in [0.5, 0.6) is 0 Å². The lowest BCUT2D eigenvalue weighted by atomic mass is 10.1. The van der Waals surface area contributed by atoms with E-state index in [0.29, 0.717) is 18.2 Å². The molecule has 1 aliphatic heterocycles. The number of para-hydroxylation sites is 1. The molecule has 1 atom stereocenters. The zero-order valence-corrected chi connectivity index (χ0v) is 14.7. The molecule has 3 aromatic rings. The second-order valence-corrected chi connectivity index (χ2v) is 6.53. The number of amides is 1. The highest BCUT2D eigenvalue weighted by Gasteiger charge is 2.24. The number of nitrogens with zero attached hydrogens (tertiary/aromatic N) is 4. The molecule has 1 amide bonds. The van der Waals surface area contributed by atoms with Gasteiger partial charge in [0.2, 0.25) is 0 Å². The second-order valence-electron chi connectivity index (χ2n) is 6.53. The molecule has 1 aliphatic rings. The van der Waals surface area contributed by atoms with Gasteiger partial charge in [-0.2, -0.15) is 0 Å². The molecule has 26 heavy (non-hydrogen) atoms. The van der Waals surface area contributed by atoms with E-state index in [4.69, 9.17) is 0 Å². The summed E-state index contributed by atoms with van der Waals surface area (Å²) in [4.78, 5) is 14.7.